The Kier molecular flexibility index (Phi) is 8.45. The van der Waals surface area contributed by atoms with Gasteiger partial charge >= 0.3 is 0 Å². The Morgan fingerprint density at radius 3 is 2.51 bits per heavy atom. The zero-order valence-corrected chi connectivity index (χ0v) is 24.2. The Morgan fingerprint density at radius 2 is 1.85 bits per heavy atom. The molecule has 0 saturated heterocycles. The van der Waals surface area contributed by atoms with Gasteiger partial charge in [0.05, 0.1) is 21.4 Å². The number of nitrogens with one attached hydrogen (secondary N) is 2. The topological polar surface area (TPSA) is 109 Å². The SMILES string of the molecule is CC1(C)[C@@H](CC(=O)N[C@@H](Cc2ccccc2)C(=O)NO)C[C@H]1c1cc(-c2cccnc2)nn1-c1ccc(Cl)c(Cl)c1. The Morgan fingerprint density at radius 1 is 1.07 bits per heavy atom. The van der Waals surface area contributed by atoms with Crippen LogP contribution in [0.15, 0.2) is 79.1 Å². The van der Waals surface area contributed by atoms with Gasteiger partial charge in [0.25, 0.3) is 5.91 Å². The molecular weight excluding hydrogens is 561 g/mol. The van der Waals surface area contributed by atoms with Crippen molar-refractivity contribution in [3.63, 3.8) is 0 Å². The molecule has 10 heteroatoms. The van der Waals surface area contributed by atoms with E-state index in [0.29, 0.717) is 10.0 Å². The van der Waals surface area contributed by atoms with E-state index in [0.717, 1.165) is 34.6 Å². The molecule has 0 bridgehead atoms. The molecule has 4 aromatic rings. The van der Waals surface area contributed by atoms with Crippen LogP contribution >= 0.6 is 23.2 Å². The molecule has 2 aromatic carbocycles. The van der Waals surface area contributed by atoms with Gasteiger partial charge in [-0.1, -0.05) is 67.4 Å². The van der Waals surface area contributed by atoms with Crippen LogP contribution in [-0.2, 0) is 16.0 Å². The highest BCUT2D eigenvalue weighted by Gasteiger charge is 2.50. The van der Waals surface area contributed by atoms with Gasteiger partial charge in [-0.25, -0.2) is 10.2 Å². The van der Waals surface area contributed by atoms with Crippen LogP contribution in [0.4, 0.5) is 0 Å². The van der Waals surface area contributed by atoms with Gasteiger partial charge in [0, 0.05) is 42.4 Å². The van der Waals surface area contributed by atoms with Crippen LogP contribution < -0.4 is 10.8 Å². The number of rotatable bonds is 9. The summed E-state index contributed by atoms with van der Waals surface area (Å²) >= 11 is 12.5. The van der Waals surface area contributed by atoms with Gasteiger partial charge in [-0.3, -0.25) is 19.8 Å². The molecule has 2 aromatic heterocycles. The Bertz CT molecular complexity index is 1540. The Labute approximate surface area is 248 Å². The minimum absolute atomic E-state index is 0.0704. The maximum atomic E-state index is 13.1. The molecule has 41 heavy (non-hydrogen) atoms. The summed E-state index contributed by atoms with van der Waals surface area (Å²) in [6, 6.07) is 19.8. The lowest BCUT2D eigenvalue weighted by atomic mass is 9.52. The van der Waals surface area contributed by atoms with E-state index in [-0.39, 0.29) is 36.0 Å². The fraction of sp³-hybridized carbons (Fsp3) is 0.290. The van der Waals surface area contributed by atoms with Crippen LogP contribution in [-0.4, -0.2) is 37.8 Å². The standard InChI is InChI=1S/C31H31Cl2N5O3/c1-31(2)21(15-29(39)35-27(30(40)37-41)13-19-7-4-3-5-8-19)14-23(31)28-17-26(20-9-6-12-34-18-20)36-38(28)22-10-11-24(32)25(33)16-22/h3-12,16-18,21,23,27,41H,13-15H2,1-2H3,(H,35,39)(H,37,40)/t21-,23+,27+/m1/s1. The Hall–Kier alpha value is -3.72. The minimum atomic E-state index is -0.882. The summed E-state index contributed by atoms with van der Waals surface area (Å²) in [7, 11) is 0. The highest BCUT2D eigenvalue weighted by atomic mass is 35.5. The number of benzene rings is 2. The summed E-state index contributed by atoms with van der Waals surface area (Å²) < 4.78 is 1.90. The number of carbonyl (C=O) groups is 2. The quantitative estimate of drug-likeness (QED) is 0.163. The average molecular weight is 593 g/mol. The second-order valence-electron chi connectivity index (χ2n) is 11.0. The van der Waals surface area contributed by atoms with Crippen molar-refractivity contribution in [2.45, 2.75) is 45.1 Å². The summed E-state index contributed by atoms with van der Waals surface area (Å²) in [5, 5.41) is 17.9. The van der Waals surface area contributed by atoms with Gasteiger partial charge in [0.15, 0.2) is 0 Å². The van der Waals surface area contributed by atoms with E-state index in [2.05, 4.69) is 30.2 Å². The van der Waals surface area contributed by atoms with Crippen LogP contribution in [0.2, 0.25) is 10.0 Å². The third-order valence-electron chi connectivity index (χ3n) is 8.15. The molecular formula is C31H31Cl2N5O3. The molecule has 0 radical (unpaired) electrons. The molecule has 0 unspecified atom stereocenters. The lowest BCUT2D eigenvalue weighted by molar-refractivity contribution is -0.135. The first-order valence-corrected chi connectivity index (χ1v) is 14.2. The van der Waals surface area contributed by atoms with Crippen LogP contribution in [0.1, 0.15) is 43.9 Å². The maximum absolute atomic E-state index is 13.1. The molecule has 2 heterocycles. The smallest absolute Gasteiger partial charge is 0.266 e. The third kappa shape index (κ3) is 6.15. The number of amides is 2. The van der Waals surface area contributed by atoms with Crippen molar-refractivity contribution in [2.24, 2.45) is 11.3 Å². The number of pyridine rings is 1. The van der Waals surface area contributed by atoms with Crippen LogP contribution in [0, 0.1) is 11.3 Å². The first kappa shape index (κ1) is 28.8. The molecule has 0 spiro atoms. The summed E-state index contributed by atoms with van der Waals surface area (Å²) in [6.07, 6.45) is 4.79. The van der Waals surface area contributed by atoms with Gasteiger partial charge in [-0.2, -0.15) is 5.10 Å². The third-order valence-corrected chi connectivity index (χ3v) is 8.88. The van der Waals surface area contributed by atoms with E-state index in [4.69, 9.17) is 28.3 Å². The fourth-order valence-corrected chi connectivity index (χ4v) is 5.89. The fourth-order valence-electron chi connectivity index (χ4n) is 5.60. The zero-order chi connectivity index (χ0) is 29.1. The second kappa shape index (κ2) is 12.0. The van der Waals surface area contributed by atoms with Gasteiger partial charge in [-0.05, 0) is 59.7 Å². The molecule has 5 rings (SSSR count). The van der Waals surface area contributed by atoms with Gasteiger partial charge in [0.1, 0.15) is 6.04 Å². The minimum Gasteiger partial charge on any atom is -0.344 e. The molecule has 3 atom stereocenters. The number of hydrogen-bond acceptors (Lipinski definition) is 5. The lowest BCUT2D eigenvalue weighted by Gasteiger charge is -2.52. The summed E-state index contributed by atoms with van der Waals surface area (Å²) in [4.78, 5) is 29.7. The normalized spacial score (nSPS) is 18.3. The number of carbonyl (C=O) groups excluding carboxylic acids is 2. The van der Waals surface area contributed by atoms with E-state index in [1.807, 2.05) is 53.2 Å². The summed E-state index contributed by atoms with van der Waals surface area (Å²) in [5.74, 6) is -0.712. The summed E-state index contributed by atoms with van der Waals surface area (Å²) in [5.41, 5.74) is 5.79. The van der Waals surface area contributed by atoms with E-state index >= 15 is 0 Å². The molecule has 1 aliphatic rings. The monoisotopic (exact) mass is 591 g/mol. The largest absolute Gasteiger partial charge is 0.344 e. The Balaban J connectivity index is 1.35. The van der Waals surface area contributed by atoms with Gasteiger partial charge < -0.3 is 5.32 Å². The predicted octanol–water partition coefficient (Wildman–Crippen LogP) is 5.99. The number of hydroxylamine groups is 1. The van der Waals surface area contributed by atoms with E-state index in [1.54, 1.807) is 30.0 Å². The zero-order valence-electron chi connectivity index (χ0n) is 22.7. The summed E-state index contributed by atoms with van der Waals surface area (Å²) in [6.45, 7) is 4.30. The van der Waals surface area contributed by atoms with Crippen molar-refractivity contribution in [3.8, 4) is 16.9 Å². The number of halogens is 2. The van der Waals surface area contributed by atoms with Crippen molar-refractivity contribution in [1.82, 2.24) is 25.6 Å². The van der Waals surface area contributed by atoms with Crippen molar-refractivity contribution in [2.75, 3.05) is 0 Å². The van der Waals surface area contributed by atoms with Crippen molar-refractivity contribution in [3.05, 3.63) is 100 Å². The lowest BCUT2D eigenvalue weighted by Crippen LogP contribution is -2.50. The van der Waals surface area contributed by atoms with Crippen LogP contribution in [0.25, 0.3) is 16.9 Å². The molecule has 0 aliphatic heterocycles. The van der Waals surface area contributed by atoms with Crippen molar-refractivity contribution >= 4 is 35.0 Å². The second-order valence-corrected chi connectivity index (χ2v) is 11.8. The number of aromatic nitrogens is 3. The average Bonchev–Trinajstić information content (AvgIpc) is 3.41. The molecule has 212 valence electrons. The molecule has 1 aliphatic carbocycles. The highest BCUT2D eigenvalue weighted by Crippen LogP contribution is 2.58. The van der Waals surface area contributed by atoms with Gasteiger partial charge in [0.2, 0.25) is 5.91 Å². The molecule has 1 fully saturated rings. The molecule has 8 nitrogen and oxygen atoms in total. The number of nitrogens with zero attached hydrogens (tertiary/aromatic N) is 3. The first-order valence-electron chi connectivity index (χ1n) is 13.4. The van der Waals surface area contributed by atoms with E-state index in [1.165, 1.54) is 0 Å². The molecule has 3 N–H and O–H groups in total. The van der Waals surface area contributed by atoms with E-state index < -0.39 is 11.9 Å². The maximum Gasteiger partial charge on any atom is 0.266 e. The van der Waals surface area contributed by atoms with Crippen molar-refractivity contribution in [1.29, 1.82) is 0 Å². The van der Waals surface area contributed by atoms with Gasteiger partial charge in [-0.15, -0.1) is 0 Å². The van der Waals surface area contributed by atoms with Crippen molar-refractivity contribution < 1.29 is 14.8 Å². The highest BCUT2D eigenvalue weighted by molar-refractivity contribution is 6.42. The predicted molar refractivity (Wildman–Crippen MR) is 158 cm³/mol. The number of hydrogen-bond donors (Lipinski definition) is 3. The van der Waals surface area contributed by atoms with Crippen LogP contribution in [0.3, 0.4) is 0 Å². The first-order chi connectivity index (χ1) is 19.7. The van der Waals surface area contributed by atoms with E-state index in [9.17, 15) is 14.8 Å². The van der Waals surface area contributed by atoms with Crippen LogP contribution in [0.5, 0.6) is 0 Å². The molecule has 2 amide bonds. The molecule has 1 saturated carbocycles.